The Bertz CT molecular complexity index is 574. The summed E-state index contributed by atoms with van der Waals surface area (Å²) in [4.78, 5) is 8.92. The molecule has 0 saturated heterocycles. The molecule has 0 saturated carbocycles. The quantitative estimate of drug-likeness (QED) is 0.898. The summed E-state index contributed by atoms with van der Waals surface area (Å²) in [6, 6.07) is 3.92. The van der Waals surface area contributed by atoms with E-state index in [-0.39, 0.29) is 5.41 Å². The molecule has 0 atom stereocenters. The first kappa shape index (κ1) is 13.8. The highest BCUT2D eigenvalue weighted by Gasteiger charge is 2.21. The van der Waals surface area contributed by atoms with Crippen molar-refractivity contribution in [3.63, 3.8) is 0 Å². The third kappa shape index (κ3) is 3.04. The number of hydrogen-bond acceptors (Lipinski definition) is 4. The molecule has 0 unspecified atom stereocenters. The van der Waals surface area contributed by atoms with E-state index in [1.165, 1.54) is 0 Å². The van der Waals surface area contributed by atoms with E-state index < -0.39 is 0 Å². The van der Waals surface area contributed by atoms with Crippen molar-refractivity contribution >= 4 is 17.1 Å². The number of pyridine rings is 1. The van der Waals surface area contributed by atoms with Gasteiger partial charge in [0.1, 0.15) is 5.52 Å². The third-order valence-electron chi connectivity index (χ3n) is 3.33. The van der Waals surface area contributed by atoms with Crippen LogP contribution >= 0.6 is 0 Å². The lowest BCUT2D eigenvalue weighted by Gasteiger charge is -2.25. The number of ether oxygens (including phenoxy) is 1. The molecule has 2 aromatic rings. The highest BCUT2D eigenvalue weighted by Crippen LogP contribution is 2.27. The van der Waals surface area contributed by atoms with Crippen LogP contribution in [0.2, 0.25) is 0 Å². The predicted molar refractivity (Wildman–Crippen MR) is 77.0 cm³/mol. The second-order valence-corrected chi connectivity index (χ2v) is 5.76. The van der Waals surface area contributed by atoms with Crippen molar-refractivity contribution in [3.8, 4) is 0 Å². The summed E-state index contributed by atoms with van der Waals surface area (Å²) in [6.07, 6.45) is 0.967. The average molecular weight is 262 g/mol. The zero-order chi connectivity index (χ0) is 14.0. The van der Waals surface area contributed by atoms with Gasteiger partial charge in [-0.25, -0.2) is 9.97 Å². The molecule has 0 radical (unpaired) electrons. The van der Waals surface area contributed by atoms with Crippen molar-refractivity contribution in [1.82, 2.24) is 14.5 Å². The Morgan fingerprint density at radius 3 is 2.74 bits per heavy atom. The largest absolute Gasteiger partial charge is 0.385 e. The zero-order valence-electron chi connectivity index (χ0n) is 12.1. The van der Waals surface area contributed by atoms with E-state index in [1.807, 2.05) is 23.6 Å². The molecule has 0 spiro atoms. The normalized spacial score (nSPS) is 12.2. The van der Waals surface area contributed by atoms with Gasteiger partial charge in [-0.15, -0.1) is 0 Å². The number of aryl methyl sites for hydroxylation is 1. The first-order chi connectivity index (χ1) is 8.93. The van der Waals surface area contributed by atoms with E-state index in [4.69, 9.17) is 10.5 Å². The van der Waals surface area contributed by atoms with E-state index in [0.717, 1.165) is 36.4 Å². The fourth-order valence-electron chi connectivity index (χ4n) is 2.16. The number of fused-ring (bicyclic) bond motifs is 1. The first-order valence-electron chi connectivity index (χ1n) is 6.51. The number of hydrogen-bond donors (Lipinski definition) is 1. The number of nitrogen functional groups attached to an aromatic ring is 1. The lowest BCUT2D eigenvalue weighted by atomic mass is 9.89. The molecule has 0 bridgehead atoms. The molecule has 0 aliphatic heterocycles. The van der Waals surface area contributed by atoms with Gasteiger partial charge in [-0.3, -0.25) is 4.57 Å². The number of nitrogens with two attached hydrogens (primary N) is 1. The van der Waals surface area contributed by atoms with E-state index in [1.54, 1.807) is 7.11 Å². The second-order valence-electron chi connectivity index (χ2n) is 5.76. The highest BCUT2D eigenvalue weighted by molar-refractivity contribution is 5.74. The number of rotatable bonds is 5. The monoisotopic (exact) mass is 262 g/mol. The van der Waals surface area contributed by atoms with Crippen LogP contribution in [-0.2, 0) is 11.3 Å². The molecule has 0 fully saturated rings. The Morgan fingerprint density at radius 1 is 1.32 bits per heavy atom. The maximum absolute atomic E-state index is 6.02. The SMILES string of the molecule is COCCC(C)(C)Cn1c(N)nc2ccc(C)nc21. The van der Waals surface area contributed by atoms with Gasteiger partial charge in [-0.1, -0.05) is 13.8 Å². The summed E-state index contributed by atoms with van der Waals surface area (Å²) in [7, 11) is 1.72. The van der Waals surface area contributed by atoms with Crippen molar-refractivity contribution in [2.75, 3.05) is 19.5 Å². The molecular formula is C14H22N4O. The molecule has 0 aliphatic rings. The molecular weight excluding hydrogens is 240 g/mol. The van der Waals surface area contributed by atoms with Crippen LogP contribution in [0.4, 0.5) is 5.95 Å². The van der Waals surface area contributed by atoms with Crippen molar-refractivity contribution in [3.05, 3.63) is 17.8 Å². The Kier molecular flexibility index (Phi) is 3.75. The minimum Gasteiger partial charge on any atom is -0.385 e. The number of methoxy groups -OCH3 is 1. The van der Waals surface area contributed by atoms with Crippen LogP contribution < -0.4 is 5.73 Å². The lowest BCUT2D eigenvalue weighted by molar-refractivity contribution is 0.143. The predicted octanol–water partition coefficient (Wildman–Crippen LogP) is 2.38. The van der Waals surface area contributed by atoms with Crippen LogP contribution in [0.25, 0.3) is 11.2 Å². The highest BCUT2D eigenvalue weighted by atomic mass is 16.5. The van der Waals surface area contributed by atoms with Gasteiger partial charge in [0.25, 0.3) is 0 Å². The molecule has 104 valence electrons. The molecule has 2 rings (SSSR count). The molecule has 5 nitrogen and oxygen atoms in total. The molecule has 0 amide bonds. The standard InChI is InChI=1S/C14H22N4O/c1-10-5-6-11-12(16-10)18(13(15)17-11)9-14(2,3)7-8-19-4/h5-6H,7-9H2,1-4H3,(H2,15,17). The van der Waals surface area contributed by atoms with Gasteiger partial charge in [0.2, 0.25) is 5.95 Å². The summed E-state index contributed by atoms with van der Waals surface area (Å²) in [6.45, 7) is 7.91. The van der Waals surface area contributed by atoms with Gasteiger partial charge in [0, 0.05) is 26.0 Å². The van der Waals surface area contributed by atoms with Crippen molar-refractivity contribution in [1.29, 1.82) is 0 Å². The minimum absolute atomic E-state index is 0.0865. The van der Waals surface area contributed by atoms with Crippen molar-refractivity contribution in [2.24, 2.45) is 5.41 Å². The molecule has 0 aromatic carbocycles. The fourth-order valence-corrected chi connectivity index (χ4v) is 2.16. The molecule has 5 heteroatoms. The maximum atomic E-state index is 6.02. The summed E-state index contributed by atoms with van der Waals surface area (Å²) < 4.78 is 7.16. The third-order valence-corrected chi connectivity index (χ3v) is 3.33. The molecule has 2 heterocycles. The second kappa shape index (κ2) is 5.17. The summed E-state index contributed by atoms with van der Waals surface area (Å²) in [5.41, 5.74) is 8.80. The summed E-state index contributed by atoms with van der Waals surface area (Å²) in [5, 5.41) is 0. The van der Waals surface area contributed by atoms with E-state index in [0.29, 0.717) is 5.95 Å². The number of aromatic nitrogens is 3. The van der Waals surface area contributed by atoms with Gasteiger partial charge >= 0.3 is 0 Å². The summed E-state index contributed by atoms with van der Waals surface area (Å²) in [5.74, 6) is 0.526. The van der Waals surface area contributed by atoms with Crippen molar-refractivity contribution in [2.45, 2.75) is 33.7 Å². The first-order valence-corrected chi connectivity index (χ1v) is 6.51. The smallest absolute Gasteiger partial charge is 0.202 e. The van der Waals surface area contributed by atoms with Crippen molar-refractivity contribution < 1.29 is 4.74 Å². The lowest BCUT2D eigenvalue weighted by Crippen LogP contribution is -2.22. The van der Waals surface area contributed by atoms with Crippen LogP contribution in [-0.4, -0.2) is 28.3 Å². The van der Waals surface area contributed by atoms with E-state index in [2.05, 4.69) is 23.8 Å². The molecule has 19 heavy (non-hydrogen) atoms. The van der Waals surface area contributed by atoms with Gasteiger partial charge in [0.15, 0.2) is 5.65 Å². The Hall–Kier alpha value is -1.62. The fraction of sp³-hybridized carbons (Fsp3) is 0.571. The van der Waals surface area contributed by atoms with E-state index in [9.17, 15) is 0 Å². The van der Waals surface area contributed by atoms with Gasteiger partial charge in [-0.05, 0) is 30.9 Å². The number of nitrogens with zero attached hydrogens (tertiary/aromatic N) is 3. The van der Waals surface area contributed by atoms with Crippen LogP contribution in [0.1, 0.15) is 26.0 Å². The van der Waals surface area contributed by atoms with Crippen LogP contribution in [0.15, 0.2) is 12.1 Å². The van der Waals surface area contributed by atoms with Crippen LogP contribution in [0.3, 0.4) is 0 Å². The average Bonchev–Trinajstić information content (AvgIpc) is 2.63. The van der Waals surface area contributed by atoms with E-state index >= 15 is 0 Å². The zero-order valence-corrected chi connectivity index (χ0v) is 12.1. The van der Waals surface area contributed by atoms with Gasteiger partial charge in [-0.2, -0.15) is 0 Å². The van der Waals surface area contributed by atoms with Gasteiger partial charge in [0.05, 0.1) is 0 Å². The van der Waals surface area contributed by atoms with Gasteiger partial charge < -0.3 is 10.5 Å². The van der Waals surface area contributed by atoms with Crippen LogP contribution in [0, 0.1) is 12.3 Å². The minimum atomic E-state index is 0.0865. The Balaban J connectivity index is 2.34. The van der Waals surface area contributed by atoms with Crippen LogP contribution in [0.5, 0.6) is 0 Å². The molecule has 2 aromatic heterocycles. The number of anilines is 1. The Labute approximate surface area is 113 Å². The number of imidazole rings is 1. The Morgan fingerprint density at radius 2 is 2.05 bits per heavy atom. The topological polar surface area (TPSA) is 66.0 Å². The molecule has 2 N–H and O–H groups in total. The summed E-state index contributed by atoms with van der Waals surface area (Å²) >= 11 is 0. The molecule has 0 aliphatic carbocycles. The maximum Gasteiger partial charge on any atom is 0.202 e.